The Bertz CT molecular complexity index is 813. The maximum atomic E-state index is 11.5. The van der Waals surface area contributed by atoms with Gasteiger partial charge in [0.05, 0.1) is 11.7 Å². The molecule has 0 saturated carbocycles. The molecular weight excluding hydrogens is 274 g/mol. The van der Waals surface area contributed by atoms with Crippen LogP contribution in [0.2, 0.25) is 0 Å². The lowest BCUT2D eigenvalue weighted by molar-refractivity contribution is 0.0693. The maximum Gasteiger partial charge on any atom is 0.340 e. The first-order chi connectivity index (χ1) is 10.1. The molecule has 0 atom stereocenters. The third-order valence-corrected chi connectivity index (χ3v) is 2.88. The SMILES string of the molecule is Cc1nc(COc2cnc3ccccc3c2C(=O)O)no1. The second kappa shape index (κ2) is 5.20. The van der Waals surface area contributed by atoms with Crippen molar-refractivity contribution in [3.8, 4) is 5.75 Å². The smallest absolute Gasteiger partial charge is 0.340 e. The summed E-state index contributed by atoms with van der Waals surface area (Å²) in [6.45, 7) is 1.67. The van der Waals surface area contributed by atoms with E-state index in [1.807, 2.05) is 0 Å². The van der Waals surface area contributed by atoms with Crippen molar-refractivity contribution in [1.29, 1.82) is 0 Å². The highest BCUT2D eigenvalue weighted by Crippen LogP contribution is 2.26. The predicted molar refractivity (Wildman–Crippen MR) is 72.1 cm³/mol. The van der Waals surface area contributed by atoms with Gasteiger partial charge in [-0.3, -0.25) is 4.98 Å². The van der Waals surface area contributed by atoms with Gasteiger partial charge in [0.25, 0.3) is 0 Å². The summed E-state index contributed by atoms with van der Waals surface area (Å²) in [6, 6.07) is 6.98. The zero-order valence-corrected chi connectivity index (χ0v) is 11.1. The van der Waals surface area contributed by atoms with Gasteiger partial charge in [0.1, 0.15) is 5.56 Å². The third-order valence-electron chi connectivity index (χ3n) is 2.88. The first-order valence-corrected chi connectivity index (χ1v) is 6.18. The van der Waals surface area contributed by atoms with Gasteiger partial charge in [0.15, 0.2) is 12.4 Å². The Labute approximate surface area is 119 Å². The van der Waals surface area contributed by atoms with Crippen molar-refractivity contribution in [2.45, 2.75) is 13.5 Å². The standard InChI is InChI=1S/C14H11N3O4/c1-8-16-12(17-21-8)7-20-11-6-15-10-5-3-2-4-9(10)13(11)14(18)19/h2-6H,7H2,1H3,(H,18,19). The number of para-hydroxylation sites is 1. The first-order valence-electron chi connectivity index (χ1n) is 6.18. The quantitative estimate of drug-likeness (QED) is 0.784. The molecule has 7 heteroatoms. The van der Waals surface area contributed by atoms with E-state index >= 15 is 0 Å². The zero-order valence-electron chi connectivity index (χ0n) is 11.1. The van der Waals surface area contributed by atoms with Crippen molar-refractivity contribution >= 4 is 16.9 Å². The number of carboxylic acid groups (broad SMARTS) is 1. The molecule has 3 aromatic rings. The number of nitrogens with zero attached hydrogens (tertiary/aromatic N) is 3. The first kappa shape index (κ1) is 13.0. The number of benzene rings is 1. The maximum absolute atomic E-state index is 11.5. The van der Waals surface area contributed by atoms with E-state index in [2.05, 4.69) is 15.1 Å². The molecule has 1 N–H and O–H groups in total. The fourth-order valence-electron chi connectivity index (χ4n) is 2.00. The minimum Gasteiger partial charge on any atom is -0.483 e. The minimum absolute atomic E-state index is 0.0115. The van der Waals surface area contributed by atoms with Crippen molar-refractivity contribution in [2.24, 2.45) is 0 Å². The van der Waals surface area contributed by atoms with Crippen LogP contribution in [0.3, 0.4) is 0 Å². The fraction of sp³-hybridized carbons (Fsp3) is 0.143. The molecule has 1 aromatic carbocycles. The van der Waals surface area contributed by atoms with Gasteiger partial charge in [0, 0.05) is 12.3 Å². The molecule has 3 rings (SSSR count). The number of carboxylic acids is 1. The van der Waals surface area contributed by atoms with Crippen molar-refractivity contribution in [3.63, 3.8) is 0 Å². The average molecular weight is 285 g/mol. The van der Waals surface area contributed by atoms with Crippen LogP contribution in [-0.2, 0) is 6.61 Å². The van der Waals surface area contributed by atoms with Gasteiger partial charge in [-0.25, -0.2) is 4.79 Å². The van der Waals surface area contributed by atoms with E-state index in [9.17, 15) is 9.90 Å². The van der Waals surface area contributed by atoms with Gasteiger partial charge < -0.3 is 14.4 Å². The van der Waals surface area contributed by atoms with Gasteiger partial charge >= 0.3 is 5.97 Å². The molecule has 0 unspecified atom stereocenters. The second-order valence-electron chi connectivity index (χ2n) is 4.34. The van der Waals surface area contributed by atoms with Crippen molar-refractivity contribution < 1.29 is 19.2 Å². The van der Waals surface area contributed by atoms with E-state index in [1.54, 1.807) is 31.2 Å². The summed E-state index contributed by atoms with van der Waals surface area (Å²) < 4.78 is 10.3. The predicted octanol–water partition coefficient (Wildman–Crippen LogP) is 2.20. The van der Waals surface area contributed by atoms with Gasteiger partial charge in [-0.1, -0.05) is 23.4 Å². The molecule has 0 aliphatic heterocycles. The third kappa shape index (κ3) is 2.53. The van der Waals surface area contributed by atoms with Crippen LogP contribution in [-0.4, -0.2) is 26.2 Å². The van der Waals surface area contributed by atoms with Crippen LogP contribution in [0, 0.1) is 6.92 Å². The number of ether oxygens (including phenoxy) is 1. The van der Waals surface area contributed by atoms with Crippen LogP contribution in [0.4, 0.5) is 0 Å². The summed E-state index contributed by atoms with van der Waals surface area (Å²) in [5, 5.41) is 13.6. The summed E-state index contributed by atoms with van der Waals surface area (Å²) in [6.07, 6.45) is 1.39. The highest BCUT2D eigenvalue weighted by Gasteiger charge is 2.17. The fourth-order valence-corrected chi connectivity index (χ4v) is 2.00. The van der Waals surface area contributed by atoms with Crippen molar-refractivity contribution in [1.82, 2.24) is 15.1 Å². The number of hydrogen-bond donors (Lipinski definition) is 1. The Morgan fingerprint density at radius 3 is 2.90 bits per heavy atom. The van der Waals surface area contributed by atoms with E-state index in [4.69, 9.17) is 9.26 Å². The molecule has 0 spiro atoms. The molecule has 0 amide bonds. The van der Waals surface area contributed by atoms with Gasteiger partial charge in [-0.2, -0.15) is 4.98 Å². The number of pyridine rings is 1. The number of aromatic carboxylic acids is 1. The monoisotopic (exact) mass is 285 g/mol. The van der Waals surface area contributed by atoms with E-state index in [0.29, 0.717) is 22.6 Å². The van der Waals surface area contributed by atoms with E-state index in [0.717, 1.165) is 0 Å². The molecule has 2 aromatic heterocycles. The summed E-state index contributed by atoms with van der Waals surface area (Å²) in [7, 11) is 0. The Balaban J connectivity index is 1.97. The number of rotatable bonds is 4. The molecule has 2 heterocycles. The average Bonchev–Trinajstić information content (AvgIpc) is 2.89. The summed E-state index contributed by atoms with van der Waals surface area (Å²) in [5.74, 6) is -0.141. The molecule has 0 aliphatic carbocycles. The lowest BCUT2D eigenvalue weighted by Crippen LogP contribution is -2.06. The Morgan fingerprint density at radius 2 is 2.19 bits per heavy atom. The second-order valence-corrected chi connectivity index (χ2v) is 4.34. The number of fused-ring (bicyclic) bond motifs is 1. The summed E-state index contributed by atoms with van der Waals surface area (Å²) >= 11 is 0. The molecular formula is C14H11N3O4. The molecule has 7 nitrogen and oxygen atoms in total. The van der Waals surface area contributed by atoms with Crippen LogP contribution in [0.5, 0.6) is 5.75 Å². The molecule has 0 bridgehead atoms. The van der Waals surface area contributed by atoms with Gasteiger partial charge in [-0.15, -0.1) is 0 Å². The summed E-state index contributed by atoms with van der Waals surface area (Å²) in [5.41, 5.74) is 0.665. The van der Waals surface area contributed by atoms with Gasteiger partial charge in [-0.05, 0) is 6.07 Å². The lowest BCUT2D eigenvalue weighted by atomic mass is 10.1. The van der Waals surface area contributed by atoms with Crippen molar-refractivity contribution in [2.75, 3.05) is 0 Å². The van der Waals surface area contributed by atoms with Crippen LogP contribution in [0.15, 0.2) is 35.0 Å². The van der Waals surface area contributed by atoms with E-state index in [1.165, 1.54) is 6.20 Å². The van der Waals surface area contributed by atoms with Crippen LogP contribution < -0.4 is 4.74 Å². The number of aromatic nitrogens is 3. The molecule has 0 radical (unpaired) electrons. The Kier molecular flexibility index (Phi) is 3.23. The highest BCUT2D eigenvalue weighted by molar-refractivity contribution is 6.04. The normalized spacial score (nSPS) is 10.7. The van der Waals surface area contributed by atoms with Crippen LogP contribution >= 0.6 is 0 Å². The zero-order chi connectivity index (χ0) is 14.8. The molecule has 0 saturated heterocycles. The molecule has 106 valence electrons. The summed E-state index contributed by atoms with van der Waals surface area (Å²) in [4.78, 5) is 19.7. The number of hydrogen-bond acceptors (Lipinski definition) is 6. The topological polar surface area (TPSA) is 98.3 Å². The van der Waals surface area contributed by atoms with E-state index in [-0.39, 0.29) is 17.9 Å². The number of carbonyl (C=O) groups is 1. The molecule has 0 aliphatic rings. The Hall–Kier alpha value is -2.96. The number of aryl methyl sites for hydroxylation is 1. The van der Waals surface area contributed by atoms with E-state index < -0.39 is 5.97 Å². The van der Waals surface area contributed by atoms with Crippen LogP contribution in [0.25, 0.3) is 10.9 Å². The lowest BCUT2D eigenvalue weighted by Gasteiger charge is -2.09. The Morgan fingerprint density at radius 1 is 1.38 bits per heavy atom. The van der Waals surface area contributed by atoms with Gasteiger partial charge in [0.2, 0.25) is 11.7 Å². The van der Waals surface area contributed by atoms with Crippen molar-refractivity contribution in [3.05, 3.63) is 47.7 Å². The van der Waals surface area contributed by atoms with Crippen LogP contribution in [0.1, 0.15) is 22.1 Å². The molecule has 21 heavy (non-hydrogen) atoms. The minimum atomic E-state index is -1.08. The largest absolute Gasteiger partial charge is 0.483 e. The molecule has 0 fully saturated rings. The highest BCUT2D eigenvalue weighted by atomic mass is 16.5.